The molecule has 2 aromatic heterocycles. The van der Waals surface area contributed by atoms with Gasteiger partial charge in [0.15, 0.2) is 5.65 Å². The van der Waals surface area contributed by atoms with Gasteiger partial charge in [-0.15, -0.1) is 6.20 Å². The maximum absolute atomic E-state index is 4.95. The van der Waals surface area contributed by atoms with Crippen molar-refractivity contribution in [2.75, 3.05) is 4.90 Å². The van der Waals surface area contributed by atoms with Crippen molar-refractivity contribution in [3.05, 3.63) is 30.9 Å². The monoisotopic (exact) mass is 431 g/mol. The summed E-state index contributed by atoms with van der Waals surface area (Å²) in [5.41, 5.74) is 2.15. The van der Waals surface area contributed by atoms with Crippen LogP contribution in [0.4, 0.5) is 5.82 Å². The van der Waals surface area contributed by atoms with E-state index in [1.54, 1.807) is 0 Å². The number of hydrogen-bond acceptors (Lipinski definition) is 3. The fourth-order valence-corrected chi connectivity index (χ4v) is 3.30. The second-order valence-electron chi connectivity index (χ2n) is 10.2. The van der Waals surface area contributed by atoms with Gasteiger partial charge in [0, 0.05) is 43.8 Å². The number of nitrogens with zero attached hydrogens (tertiary/aromatic N) is 4. The largest absolute Gasteiger partial charge is 0.408 e. The molecule has 0 unspecified atom stereocenters. The van der Waals surface area contributed by atoms with Crippen molar-refractivity contribution in [3.63, 3.8) is 0 Å². The first-order chi connectivity index (χ1) is 11.2. The van der Waals surface area contributed by atoms with E-state index < -0.39 is 0 Å². The third kappa shape index (κ3) is 5.51. The standard InChI is InChI=1S/C21H34N4.Y/c1-15(13-19(2,3)4)25(21(8,9)10)17-11-12-24-18(23-17)16(14-22-24)20(5,6)7;/h12,14-15H,1,13H2,2-10H3;/q-2;/t15-;/m0./s1. The minimum atomic E-state index is -0.0958. The van der Waals surface area contributed by atoms with Gasteiger partial charge in [-0.05, 0) is 31.6 Å². The van der Waals surface area contributed by atoms with Crippen LogP contribution in [0.1, 0.15) is 74.3 Å². The predicted molar refractivity (Wildman–Crippen MR) is 106 cm³/mol. The third-order valence-electron chi connectivity index (χ3n) is 4.27. The fourth-order valence-electron chi connectivity index (χ4n) is 3.30. The van der Waals surface area contributed by atoms with Crippen LogP contribution in [-0.2, 0) is 38.1 Å². The Labute approximate surface area is 185 Å². The van der Waals surface area contributed by atoms with Gasteiger partial charge in [0.2, 0.25) is 0 Å². The van der Waals surface area contributed by atoms with Crippen LogP contribution in [0.25, 0.3) is 5.65 Å². The van der Waals surface area contributed by atoms with Gasteiger partial charge >= 0.3 is 0 Å². The van der Waals surface area contributed by atoms with Crippen LogP contribution in [0.5, 0.6) is 0 Å². The third-order valence-corrected chi connectivity index (χ3v) is 4.27. The number of fused-ring (bicyclic) bond motifs is 1. The summed E-state index contributed by atoms with van der Waals surface area (Å²) in [7, 11) is 0. The average Bonchev–Trinajstić information content (AvgIpc) is 2.77. The van der Waals surface area contributed by atoms with Gasteiger partial charge in [0.1, 0.15) is 0 Å². The zero-order valence-corrected chi connectivity index (χ0v) is 20.9. The van der Waals surface area contributed by atoms with Crippen LogP contribution >= 0.6 is 0 Å². The summed E-state index contributed by atoms with van der Waals surface area (Å²) >= 11 is 0. The Morgan fingerprint density at radius 1 is 1.12 bits per heavy atom. The van der Waals surface area contributed by atoms with E-state index in [-0.39, 0.29) is 55.1 Å². The van der Waals surface area contributed by atoms with E-state index in [1.807, 2.05) is 16.9 Å². The van der Waals surface area contributed by atoms with Crippen molar-refractivity contribution in [2.24, 2.45) is 5.41 Å². The number of rotatable bonds is 3. The molecule has 2 aromatic rings. The van der Waals surface area contributed by atoms with Crippen molar-refractivity contribution in [2.45, 2.75) is 85.7 Å². The molecule has 143 valence electrons. The maximum atomic E-state index is 4.95. The molecule has 2 rings (SSSR count). The first kappa shape index (κ1) is 23.6. The van der Waals surface area contributed by atoms with Gasteiger partial charge in [-0.1, -0.05) is 59.8 Å². The topological polar surface area (TPSA) is 33.4 Å². The van der Waals surface area contributed by atoms with E-state index in [4.69, 9.17) is 4.98 Å². The van der Waals surface area contributed by atoms with Crippen molar-refractivity contribution in [1.82, 2.24) is 14.6 Å². The molecule has 0 fully saturated rings. The predicted octanol–water partition coefficient (Wildman–Crippen LogP) is 5.07. The van der Waals surface area contributed by atoms with Crippen LogP contribution < -0.4 is 4.90 Å². The number of anilines is 1. The van der Waals surface area contributed by atoms with E-state index in [0.29, 0.717) is 0 Å². The summed E-state index contributed by atoms with van der Waals surface area (Å²) in [6, 6.07) is 3.44. The summed E-state index contributed by atoms with van der Waals surface area (Å²) in [4.78, 5) is 7.24. The van der Waals surface area contributed by atoms with Crippen LogP contribution in [0.15, 0.2) is 12.4 Å². The van der Waals surface area contributed by atoms with Crippen LogP contribution in [0.3, 0.4) is 0 Å². The van der Waals surface area contributed by atoms with Crippen molar-refractivity contribution >= 4 is 11.5 Å². The SMILES string of the molecule is [CH2-][C@@H](CC(C)(C)C)N(c1[c-]cn2ncc(C(C)(C)C)c2n1)C(C)(C)C.[Y]. The smallest absolute Gasteiger partial charge is 0.154 e. The van der Waals surface area contributed by atoms with Crippen molar-refractivity contribution in [1.29, 1.82) is 0 Å². The Morgan fingerprint density at radius 2 is 1.69 bits per heavy atom. The molecule has 0 aromatic carbocycles. The van der Waals surface area contributed by atoms with Gasteiger partial charge < -0.3 is 17.9 Å². The molecule has 1 radical (unpaired) electrons. The van der Waals surface area contributed by atoms with E-state index in [0.717, 1.165) is 23.4 Å². The Hall–Kier alpha value is -0.476. The van der Waals surface area contributed by atoms with Gasteiger partial charge in [-0.3, -0.25) is 9.50 Å². The van der Waals surface area contributed by atoms with Crippen molar-refractivity contribution in [3.8, 4) is 0 Å². The second kappa shape index (κ2) is 7.87. The molecule has 1 atom stereocenters. The summed E-state index contributed by atoms with van der Waals surface area (Å²) in [5.74, 6) is 0.843. The maximum Gasteiger partial charge on any atom is 0.154 e. The fraction of sp³-hybridized carbons (Fsp3) is 0.667. The Bertz CT molecular complexity index is 729. The molecular weight excluding hydrogens is 397 g/mol. The minimum Gasteiger partial charge on any atom is -0.408 e. The van der Waals surface area contributed by atoms with E-state index in [2.05, 4.69) is 85.3 Å². The second-order valence-corrected chi connectivity index (χ2v) is 10.2. The molecule has 0 aliphatic carbocycles. The van der Waals surface area contributed by atoms with Gasteiger partial charge in [-0.25, -0.2) is 0 Å². The molecule has 0 bridgehead atoms. The average molecular weight is 431 g/mol. The minimum absolute atomic E-state index is 0. The Balaban J connectivity index is 0.00000338. The molecule has 0 saturated carbocycles. The van der Waals surface area contributed by atoms with Gasteiger partial charge in [-0.2, -0.15) is 5.10 Å². The molecule has 26 heavy (non-hydrogen) atoms. The van der Waals surface area contributed by atoms with Crippen LogP contribution in [0, 0.1) is 18.4 Å². The molecule has 0 spiro atoms. The van der Waals surface area contributed by atoms with Gasteiger partial charge in [0.25, 0.3) is 0 Å². The van der Waals surface area contributed by atoms with Crippen LogP contribution in [0.2, 0.25) is 0 Å². The van der Waals surface area contributed by atoms with E-state index in [1.165, 1.54) is 0 Å². The summed E-state index contributed by atoms with van der Waals surface area (Å²) in [6.07, 6.45) is 4.78. The molecule has 0 saturated heterocycles. The molecule has 4 nitrogen and oxygen atoms in total. The van der Waals surface area contributed by atoms with E-state index in [9.17, 15) is 0 Å². The van der Waals surface area contributed by atoms with Crippen LogP contribution in [-0.4, -0.2) is 26.2 Å². The molecule has 0 aliphatic rings. The molecular formula is C21H34N4Y-2. The summed E-state index contributed by atoms with van der Waals surface area (Å²) in [6.45, 7) is 24.4. The number of hydrogen-bond donors (Lipinski definition) is 0. The summed E-state index contributed by atoms with van der Waals surface area (Å²) in [5, 5.41) is 4.44. The molecule has 5 heteroatoms. The molecule has 2 heterocycles. The van der Waals surface area contributed by atoms with Crippen molar-refractivity contribution < 1.29 is 32.7 Å². The number of aromatic nitrogens is 3. The Morgan fingerprint density at radius 3 is 2.15 bits per heavy atom. The first-order valence-electron chi connectivity index (χ1n) is 9.09. The van der Waals surface area contributed by atoms with E-state index >= 15 is 0 Å². The zero-order valence-electron chi connectivity index (χ0n) is 18.0. The zero-order chi connectivity index (χ0) is 19.2. The summed E-state index contributed by atoms with van der Waals surface area (Å²) < 4.78 is 1.81. The van der Waals surface area contributed by atoms with Gasteiger partial charge in [0.05, 0.1) is 6.20 Å². The normalized spacial score (nSPS) is 14.2. The molecule has 0 N–H and O–H groups in total. The molecule has 0 amide bonds. The first-order valence-corrected chi connectivity index (χ1v) is 9.09. The Kier molecular flexibility index (Phi) is 7.13. The molecule has 0 aliphatic heterocycles. The quantitative estimate of drug-likeness (QED) is 0.637.